The molecule has 1 rings (SSSR count). The number of aliphatic hydroxyl groups excluding tert-OH is 1. The molecule has 0 bridgehead atoms. The number of para-hydroxylation sites is 1. The highest BCUT2D eigenvalue weighted by Crippen LogP contribution is 2.09. The van der Waals surface area contributed by atoms with E-state index < -0.39 is 13.8 Å². The molecule has 0 heterocycles. The van der Waals surface area contributed by atoms with E-state index in [-0.39, 0.29) is 0 Å². The Balaban J connectivity index is 0.000000364. The Morgan fingerprint density at radius 3 is 2.00 bits per heavy atom. The van der Waals surface area contributed by atoms with Crippen LogP contribution in [0.2, 0.25) is 0 Å². The Labute approximate surface area is 80.5 Å². The van der Waals surface area contributed by atoms with Gasteiger partial charge in [-0.3, -0.25) is 12.9 Å². The maximum Gasteiger partial charge on any atom is 0.762 e. The number of benzene rings is 1. The standard InChI is InChI=1S/C8H10O2.BF3/c1-7(9)10-8-5-3-2-4-6-8;2-1(3)4/h2-7,9H,1H3;. The number of rotatable bonds is 2. The molecule has 0 aliphatic rings. The van der Waals surface area contributed by atoms with E-state index in [1.165, 1.54) is 0 Å². The van der Waals surface area contributed by atoms with Crippen molar-refractivity contribution in [2.45, 2.75) is 13.2 Å². The van der Waals surface area contributed by atoms with Gasteiger partial charge >= 0.3 is 7.54 Å². The van der Waals surface area contributed by atoms with Gasteiger partial charge < -0.3 is 9.84 Å². The summed E-state index contributed by atoms with van der Waals surface area (Å²) in [5, 5.41) is 8.78. The van der Waals surface area contributed by atoms with E-state index >= 15 is 0 Å². The van der Waals surface area contributed by atoms with E-state index in [0.29, 0.717) is 5.75 Å². The van der Waals surface area contributed by atoms with Gasteiger partial charge in [-0.25, -0.2) is 0 Å². The Bertz CT molecular complexity index is 229. The van der Waals surface area contributed by atoms with Gasteiger partial charge in [0.15, 0.2) is 6.29 Å². The van der Waals surface area contributed by atoms with E-state index in [1.54, 1.807) is 19.1 Å². The van der Waals surface area contributed by atoms with Crippen LogP contribution in [-0.2, 0) is 0 Å². The molecule has 0 fully saturated rings. The highest BCUT2D eigenvalue weighted by atomic mass is 19.4. The minimum Gasteiger partial charge on any atom is -0.465 e. The van der Waals surface area contributed by atoms with Crippen molar-refractivity contribution in [3.05, 3.63) is 30.3 Å². The third-order valence-corrected chi connectivity index (χ3v) is 1.05. The molecule has 0 saturated heterocycles. The van der Waals surface area contributed by atoms with Gasteiger partial charge in [0, 0.05) is 0 Å². The lowest BCUT2D eigenvalue weighted by Gasteiger charge is -2.06. The van der Waals surface area contributed by atoms with Gasteiger partial charge in [-0.1, -0.05) is 18.2 Å². The molecule has 78 valence electrons. The highest BCUT2D eigenvalue weighted by molar-refractivity contribution is 6.33. The molecule has 0 saturated carbocycles. The molecule has 0 spiro atoms. The second-order valence-electron chi connectivity index (χ2n) is 2.28. The predicted molar refractivity (Wildman–Crippen MR) is 47.8 cm³/mol. The third kappa shape index (κ3) is 8.93. The highest BCUT2D eigenvalue weighted by Gasteiger charge is 2.06. The lowest BCUT2D eigenvalue weighted by Crippen LogP contribution is -2.08. The van der Waals surface area contributed by atoms with Crippen molar-refractivity contribution >= 4 is 7.54 Å². The van der Waals surface area contributed by atoms with E-state index in [1.807, 2.05) is 18.2 Å². The van der Waals surface area contributed by atoms with Gasteiger partial charge in [0.2, 0.25) is 0 Å². The molecule has 0 amide bonds. The topological polar surface area (TPSA) is 29.5 Å². The Kier molecular flexibility index (Phi) is 6.65. The van der Waals surface area contributed by atoms with Crippen LogP contribution in [0.15, 0.2) is 30.3 Å². The molecule has 1 aromatic rings. The minimum absolute atomic E-state index is 0.692. The minimum atomic E-state index is -3.67. The summed E-state index contributed by atoms with van der Waals surface area (Å²) in [5.74, 6) is 0.692. The van der Waals surface area contributed by atoms with Crippen molar-refractivity contribution in [1.82, 2.24) is 0 Å². The molecular formula is C8H10BF3O2. The Morgan fingerprint density at radius 2 is 1.64 bits per heavy atom. The Hall–Kier alpha value is -1.17. The largest absolute Gasteiger partial charge is 0.762 e. The van der Waals surface area contributed by atoms with Gasteiger partial charge in [0.05, 0.1) is 0 Å². The van der Waals surface area contributed by atoms with Gasteiger partial charge in [0.25, 0.3) is 0 Å². The van der Waals surface area contributed by atoms with Crippen LogP contribution in [0.5, 0.6) is 5.75 Å². The summed E-state index contributed by atoms with van der Waals surface area (Å²) in [4.78, 5) is 0. The van der Waals surface area contributed by atoms with Crippen LogP contribution in [0.3, 0.4) is 0 Å². The third-order valence-electron chi connectivity index (χ3n) is 1.05. The zero-order valence-electron chi connectivity index (χ0n) is 7.53. The summed E-state index contributed by atoms with van der Waals surface area (Å²) in [5.41, 5.74) is 0. The van der Waals surface area contributed by atoms with Gasteiger partial charge in [-0.2, -0.15) is 0 Å². The first-order chi connectivity index (χ1) is 6.52. The number of ether oxygens (including phenoxy) is 1. The van der Waals surface area contributed by atoms with Crippen LogP contribution in [0.4, 0.5) is 12.9 Å². The van der Waals surface area contributed by atoms with Crippen molar-refractivity contribution in [3.63, 3.8) is 0 Å². The van der Waals surface area contributed by atoms with Crippen LogP contribution in [0.25, 0.3) is 0 Å². The van der Waals surface area contributed by atoms with Crippen molar-refractivity contribution in [3.8, 4) is 5.75 Å². The first-order valence-corrected chi connectivity index (χ1v) is 3.84. The summed E-state index contributed by atoms with van der Waals surface area (Å²) in [6.07, 6.45) is -0.734. The van der Waals surface area contributed by atoms with Crippen LogP contribution in [0, 0.1) is 0 Å². The van der Waals surface area contributed by atoms with Gasteiger partial charge in [-0.05, 0) is 19.1 Å². The fraction of sp³-hybridized carbons (Fsp3) is 0.250. The molecule has 6 heteroatoms. The lowest BCUT2D eigenvalue weighted by molar-refractivity contribution is -0.000288. The maximum absolute atomic E-state index is 9.67. The average molecular weight is 206 g/mol. The van der Waals surface area contributed by atoms with Crippen LogP contribution in [0.1, 0.15) is 6.92 Å². The van der Waals surface area contributed by atoms with Crippen molar-refractivity contribution < 1.29 is 22.8 Å². The lowest BCUT2D eigenvalue weighted by atomic mass is 10.3. The van der Waals surface area contributed by atoms with Gasteiger partial charge in [-0.15, -0.1) is 0 Å². The summed E-state index contributed by atoms with van der Waals surface area (Å²) < 4.78 is 34.0. The van der Waals surface area contributed by atoms with Crippen LogP contribution < -0.4 is 4.74 Å². The van der Waals surface area contributed by atoms with Crippen LogP contribution in [-0.4, -0.2) is 18.9 Å². The summed E-state index contributed by atoms with van der Waals surface area (Å²) in [6.45, 7) is 1.58. The fourth-order valence-electron chi connectivity index (χ4n) is 0.696. The summed E-state index contributed by atoms with van der Waals surface area (Å²) >= 11 is 0. The molecule has 0 aliphatic carbocycles. The Morgan fingerprint density at radius 1 is 1.21 bits per heavy atom. The first kappa shape index (κ1) is 12.8. The number of hydrogen-bond acceptors (Lipinski definition) is 2. The maximum atomic E-state index is 9.67. The zero-order valence-corrected chi connectivity index (χ0v) is 7.53. The second kappa shape index (κ2) is 7.26. The van der Waals surface area contributed by atoms with Crippen LogP contribution >= 0.6 is 0 Å². The molecule has 14 heavy (non-hydrogen) atoms. The molecular weight excluding hydrogens is 196 g/mol. The van der Waals surface area contributed by atoms with E-state index in [9.17, 15) is 12.9 Å². The fourth-order valence-corrected chi connectivity index (χ4v) is 0.696. The van der Waals surface area contributed by atoms with Gasteiger partial charge in [0.1, 0.15) is 5.75 Å². The molecule has 2 nitrogen and oxygen atoms in total. The number of halogens is 3. The summed E-state index contributed by atoms with van der Waals surface area (Å²) in [6, 6.07) is 9.21. The molecule has 1 unspecified atom stereocenters. The van der Waals surface area contributed by atoms with Crippen molar-refractivity contribution in [1.29, 1.82) is 0 Å². The molecule has 1 aromatic carbocycles. The average Bonchev–Trinajstić information content (AvgIpc) is 2.03. The molecule has 0 radical (unpaired) electrons. The SMILES string of the molecule is CC(O)Oc1ccccc1.FB(F)F. The van der Waals surface area contributed by atoms with Crippen molar-refractivity contribution in [2.75, 3.05) is 0 Å². The smallest absolute Gasteiger partial charge is 0.465 e. The van der Waals surface area contributed by atoms with E-state index in [0.717, 1.165) is 0 Å². The van der Waals surface area contributed by atoms with E-state index in [2.05, 4.69) is 0 Å². The number of aliphatic hydroxyl groups is 1. The zero-order chi connectivity index (χ0) is 11.0. The predicted octanol–water partition coefficient (Wildman–Crippen LogP) is 2.28. The number of hydrogen-bond donors (Lipinski definition) is 1. The molecule has 0 aromatic heterocycles. The monoisotopic (exact) mass is 206 g/mol. The second-order valence-corrected chi connectivity index (χ2v) is 2.28. The summed E-state index contributed by atoms with van der Waals surface area (Å²) in [7, 11) is -3.67. The normalized spacial score (nSPS) is 10.9. The first-order valence-electron chi connectivity index (χ1n) is 3.84. The molecule has 0 aliphatic heterocycles. The molecule has 1 N–H and O–H groups in total. The van der Waals surface area contributed by atoms with Crippen molar-refractivity contribution in [2.24, 2.45) is 0 Å². The molecule has 1 atom stereocenters. The van der Waals surface area contributed by atoms with E-state index in [4.69, 9.17) is 9.84 Å². The quantitative estimate of drug-likeness (QED) is 0.594.